The molecule has 0 unspecified atom stereocenters. The maximum absolute atomic E-state index is 5.25. The molecule has 2 aromatic heterocycles. The molecule has 45 heavy (non-hydrogen) atoms. The first-order valence-corrected chi connectivity index (χ1v) is 15.2. The van der Waals surface area contributed by atoms with E-state index in [1.807, 2.05) is 6.07 Å². The van der Waals surface area contributed by atoms with Crippen LogP contribution in [0.4, 0.5) is 0 Å². The van der Waals surface area contributed by atoms with Crippen molar-refractivity contribution in [2.75, 3.05) is 0 Å². The van der Waals surface area contributed by atoms with Crippen LogP contribution in [0.2, 0.25) is 0 Å². The van der Waals surface area contributed by atoms with Gasteiger partial charge in [0.25, 0.3) is 0 Å². The van der Waals surface area contributed by atoms with Crippen molar-refractivity contribution >= 4 is 43.9 Å². The SMILES string of the molecule is c1ccc(-c2cc(-c3ccc4ccccc4c3)cc(-c3ccc4nc5c(nc4c3)c3ccccc3n5-c3ccccc3)c2)cc1. The molecule has 0 saturated carbocycles. The Morgan fingerprint density at radius 1 is 0.378 bits per heavy atom. The van der Waals surface area contributed by atoms with Crippen molar-refractivity contribution in [1.29, 1.82) is 0 Å². The lowest BCUT2D eigenvalue weighted by Gasteiger charge is -2.12. The molecule has 0 fully saturated rings. The van der Waals surface area contributed by atoms with Crippen LogP contribution in [0, 0.1) is 0 Å². The third-order valence-corrected chi connectivity index (χ3v) is 8.73. The molecule has 0 aliphatic carbocycles. The van der Waals surface area contributed by atoms with Crippen molar-refractivity contribution in [2.45, 2.75) is 0 Å². The summed E-state index contributed by atoms with van der Waals surface area (Å²) in [6.45, 7) is 0. The zero-order chi connectivity index (χ0) is 29.7. The predicted molar refractivity (Wildman–Crippen MR) is 188 cm³/mol. The fourth-order valence-corrected chi connectivity index (χ4v) is 6.51. The first-order chi connectivity index (χ1) is 22.3. The fraction of sp³-hybridized carbons (Fsp3) is 0. The Kier molecular flexibility index (Phi) is 5.82. The predicted octanol–water partition coefficient (Wildman–Crippen LogP) is 10.9. The Morgan fingerprint density at radius 3 is 1.80 bits per heavy atom. The van der Waals surface area contributed by atoms with Gasteiger partial charge < -0.3 is 0 Å². The minimum absolute atomic E-state index is 0.868. The van der Waals surface area contributed by atoms with E-state index in [0.29, 0.717) is 0 Å². The van der Waals surface area contributed by atoms with Crippen LogP contribution in [0.25, 0.3) is 82.9 Å². The summed E-state index contributed by atoms with van der Waals surface area (Å²) in [5.74, 6) is 0. The molecule has 210 valence electrons. The molecule has 3 nitrogen and oxygen atoms in total. The molecule has 7 aromatic carbocycles. The number of para-hydroxylation sites is 2. The molecule has 0 N–H and O–H groups in total. The van der Waals surface area contributed by atoms with Gasteiger partial charge in [-0.1, -0.05) is 109 Å². The summed E-state index contributed by atoms with van der Waals surface area (Å²) in [6.07, 6.45) is 0. The number of nitrogens with zero attached hydrogens (tertiary/aromatic N) is 3. The Bertz CT molecular complexity index is 2530. The maximum atomic E-state index is 5.25. The molecule has 0 radical (unpaired) electrons. The van der Waals surface area contributed by atoms with E-state index in [9.17, 15) is 0 Å². The van der Waals surface area contributed by atoms with Crippen LogP contribution in [0.3, 0.4) is 0 Å². The highest BCUT2D eigenvalue weighted by molar-refractivity contribution is 6.08. The monoisotopic (exact) mass is 573 g/mol. The van der Waals surface area contributed by atoms with Crippen molar-refractivity contribution in [3.63, 3.8) is 0 Å². The van der Waals surface area contributed by atoms with E-state index in [1.165, 1.54) is 33.0 Å². The molecule has 0 bridgehead atoms. The van der Waals surface area contributed by atoms with Gasteiger partial charge >= 0.3 is 0 Å². The van der Waals surface area contributed by atoms with Gasteiger partial charge in [-0.2, -0.15) is 0 Å². The topological polar surface area (TPSA) is 30.7 Å². The zero-order valence-corrected chi connectivity index (χ0v) is 24.4. The van der Waals surface area contributed by atoms with E-state index in [4.69, 9.17) is 9.97 Å². The number of benzene rings is 7. The molecule has 9 aromatic rings. The van der Waals surface area contributed by atoms with E-state index in [0.717, 1.165) is 49.9 Å². The molecule has 2 heterocycles. The Morgan fingerprint density at radius 2 is 1.00 bits per heavy atom. The second-order valence-corrected chi connectivity index (χ2v) is 11.5. The highest BCUT2D eigenvalue weighted by atomic mass is 15.1. The average molecular weight is 574 g/mol. The molecule has 0 spiro atoms. The number of hydrogen-bond donors (Lipinski definition) is 0. The van der Waals surface area contributed by atoms with Crippen molar-refractivity contribution in [3.8, 4) is 39.1 Å². The van der Waals surface area contributed by atoms with Gasteiger partial charge in [0.15, 0.2) is 5.65 Å². The number of rotatable bonds is 4. The average Bonchev–Trinajstić information content (AvgIpc) is 3.44. The second-order valence-electron chi connectivity index (χ2n) is 11.5. The molecule has 9 rings (SSSR count). The number of aromatic nitrogens is 3. The minimum atomic E-state index is 0.868. The van der Waals surface area contributed by atoms with E-state index in [2.05, 4.69) is 162 Å². The molecule has 0 saturated heterocycles. The van der Waals surface area contributed by atoms with E-state index in [1.54, 1.807) is 0 Å². The number of hydrogen-bond acceptors (Lipinski definition) is 2. The van der Waals surface area contributed by atoms with Crippen LogP contribution in [0.1, 0.15) is 0 Å². The summed E-state index contributed by atoms with van der Waals surface area (Å²) < 4.78 is 2.21. The molecule has 0 atom stereocenters. The van der Waals surface area contributed by atoms with Crippen LogP contribution in [-0.4, -0.2) is 14.5 Å². The van der Waals surface area contributed by atoms with Crippen LogP contribution in [0.15, 0.2) is 164 Å². The van der Waals surface area contributed by atoms with Gasteiger partial charge in [0.1, 0.15) is 5.52 Å². The maximum Gasteiger partial charge on any atom is 0.165 e. The lowest BCUT2D eigenvalue weighted by molar-refractivity contribution is 1.14. The quantitative estimate of drug-likeness (QED) is 0.210. The minimum Gasteiger partial charge on any atom is -0.293 e. The normalized spacial score (nSPS) is 11.6. The summed E-state index contributed by atoms with van der Waals surface area (Å²) in [5, 5.41) is 3.58. The first kappa shape index (κ1) is 25.4. The zero-order valence-electron chi connectivity index (χ0n) is 24.4. The van der Waals surface area contributed by atoms with Crippen LogP contribution >= 0.6 is 0 Å². The third kappa shape index (κ3) is 4.37. The molecule has 0 aliphatic rings. The molecule has 3 heteroatoms. The molecular weight excluding hydrogens is 546 g/mol. The van der Waals surface area contributed by atoms with Gasteiger partial charge in [-0.15, -0.1) is 0 Å². The molecule has 0 amide bonds. The highest BCUT2D eigenvalue weighted by Crippen LogP contribution is 2.36. The van der Waals surface area contributed by atoms with Gasteiger partial charge in [0, 0.05) is 11.1 Å². The van der Waals surface area contributed by atoms with E-state index in [-0.39, 0.29) is 0 Å². The summed E-state index contributed by atoms with van der Waals surface area (Å²) in [6, 6.07) is 58.0. The second kappa shape index (κ2) is 10.3. The van der Waals surface area contributed by atoms with Crippen molar-refractivity contribution in [1.82, 2.24) is 14.5 Å². The first-order valence-electron chi connectivity index (χ1n) is 15.2. The van der Waals surface area contributed by atoms with Crippen LogP contribution in [0.5, 0.6) is 0 Å². The molecule has 0 aliphatic heterocycles. The lowest BCUT2D eigenvalue weighted by atomic mass is 9.92. The van der Waals surface area contributed by atoms with Gasteiger partial charge in [-0.05, 0) is 98.8 Å². The third-order valence-electron chi connectivity index (χ3n) is 8.73. The van der Waals surface area contributed by atoms with Gasteiger partial charge in [0.05, 0.1) is 16.6 Å². The fourth-order valence-electron chi connectivity index (χ4n) is 6.51. The highest BCUT2D eigenvalue weighted by Gasteiger charge is 2.16. The lowest BCUT2D eigenvalue weighted by Crippen LogP contribution is -1.96. The van der Waals surface area contributed by atoms with Crippen LogP contribution in [-0.2, 0) is 0 Å². The summed E-state index contributed by atoms with van der Waals surface area (Å²) in [5.41, 5.74) is 12.7. The standard InChI is InChI=1S/C42H27N3/c1-3-11-28(12-4-1)33-24-34(31-20-19-29-13-7-8-14-30(29)23-31)26-35(25-33)32-21-22-38-39(27-32)43-41-37-17-9-10-18-40(37)45(42(41)44-38)36-15-5-2-6-16-36/h1-27H. The summed E-state index contributed by atoms with van der Waals surface area (Å²) in [7, 11) is 0. The van der Waals surface area contributed by atoms with E-state index >= 15 is 0 Å². The molecular formula is C42H27N3. The Hall–Kier alpha value is -6.06. The van der Waals surface area contributed by atoms with Gasteiger partial charge in [-0.3, -0.25) is 4.57 Å². The largest absolute Gasteiger partial charge is 0.293 e. The van der Waals surface area contributed by atoms with Gasteiger partial charge in [0.2, 0.25) is 0 Å². The summed E-state index contributed by atoms with van der Waals surface area (Å²) in [4.78, 5) is 10.4. The number of fused-ring (bicyclic) bond motifs is 5. The van der Waals surface area contributed by atoms with E-state index < -0.39 is 0 Å². The Labute approximate surface area is 260 Å². The van der Waals surface area contributed by atoms with Gasteiger partial charge in [-0.25, -0.2) is 9.97 Å². The van der Waals surface area contributed by atoms with Crippen molar-refractivity contribution in [2.24, 2.45) is 0 Å². The van der Waals surface area contributed by atoms with Crippen molar-refractivity contribution in [3.05, 3.63) is 164 Å². The van der Waals surface area contributed by atoms with Crippen molar-refractivity contribution < 1.29 is 0 Å². The summed E-state index contributed by atoms with van der Waals surface area (Å²) >= 11 is 0. The van der Waals surface area contributed by atoms with Crippen LogP contribution < -0.4 is 0 Å². The Balaban J connectivity index is 1.24. The smallest absolute Gasteiger partial charge is 0.165 e.